The quantitative estimate of drug-likeness (QED) is 0.627. The van der Waals surface area contributed by atoms with E-state index in [1.54, 1.807) is 0 Å². The molecule has 0 atom stereocenters. The Balaban J connectivity index is 1.77. The molecule has 1 aliphatic carbocycles. The number of aliphatic imine (C=N–C) groups is 1. The van der Waals surface area contributed by atoms with E-state index in [1.807, 2.05) is 0 Å². The molecule has 110 valence electrons. The van der Waals surface area contributed by atoms with Gasteiger partial charge in [-0.2, -0.15) is 0 Å². The van der Waals surface area contributed by atoms with Gasteiger partial charge in [0.05, 0.1) is 6.04 Å². The zero-order valence-electron chi connectivity index (χ0n) is 12.6. The van der Waals surface area contributed by atoms with Crippen molar-refractivity contribution in [3.63, 3.8) is 0 Å². The van der Waals surface area contributed by atoms with E-state index in [2.05, 4.69) is 23.9 Å². The summed E-state index contributed by atoms with van der Waals surface area (Å²) in [6.45, 7) is 3.51. The lowest BCUT2D eigenvalue weighted by molar-refractivity contribution is 0.199. The van der Waals surface area contributed by atoms with Gasteiger partial charge in [0, 0.05) is 13.6 Å². The van der Waals surface area contributed by atoms with E-state index in [9.17, 15) is 0 Å². The first kappa shape index (κ1) is 14.6. The van der Waals surface area contributed by atoms with Crippen LogP contribution in [-0.4, -0.2) is 55.5 Å². The first-order chi connectivity index (χ1) is 9.15. The van der Waals surface area contributed by atoms with Crippen molar-refractivity contribution in [2.24, 2.45) is 16.6 Å². The second kappa shape index (κ2) is 7.13. The molecule has 1 aliphatic heterocycles. The van der Waals surface area contributed by atoms with Gasteiger partial charge in [0.25, 0.3) is 0 Å². The van der Waals surface area contributed by atoms with Gasteiger partial charge in [-0.3, -0.25) is 0 Å². The maximum Gasteiger partial charge on any atom is 0.191 e. The number of nitrogens with zero attached hydrogens (tertiary/aromatic N) is 3. The fourth-order valence-corrected chi connectivity index (χ4v) is 3.22. The van der Waals surface area contributed by atoms with Gasteiger partial charge in [-0.05, 0) is 51.7 Å². The molecule has 2 N–H and O–H groups in total. The van der Waals surface area contributed by atoms with Crippen LogP contribution in [0, 0.1) is 5.92 Å². The lowest BCUT2D eigenvalue weighted by Crippen LogP contribution is -2.41. The smallest absolute Gasteiger partial charge is 0.191 e. The van der Waals surface area contributed by atoms with Gasteiger partial charge in [0.2, 0.25) is 0 Å². The number of nitrogens with two attached hydrogens (primary N) is 1. The monoisotopic (exact) mass is 266 g/mol. The summed E-state index contributed by atoms with van der Waals surface area (Å²) in [5.41, 5.74) is 6.16. The van der Waals surface area contributed by atoms with Crippen molar-refractivity contribution in [3.05, 3.63) is 0 Å². The molecule has 0 bridgehead atoms. The number of hydrogen-bond donors (Lipinski definition) is 1. The average Bonchev–Trinajstić information content (AvgIpc) is 2.42. The van der Waals surface area contributed by atoms with Crippen molar-refractivity contribution in [1.29, 1.82) is 0 Å². The highest BCUT2D eigenvalue weighted by Crippen LogP contribution is 2.21. The van der Waals surface area contributed by atoms with Crippen LogP contribution in [0.25, 0.3) is 0 Å². The molecule has 0 radical (unpaired) electrons. The predicted molar refractivity (Wildman–Crippen MR) is 81.3 cm³/mol. The Kier molecular flexibility index (Phi) is 5.49. The zero-order chi connectivity index (χ0) is 13.7. The summed E-state index contributed by atoms with van der Waals surface area (Å²) in [5, 5.41) is 0. The highest BCUT2D eigenvalue weighted by molar-refractivity contribution is 5.78. The number of likely N-dealkylation sites (tertiary alicyclic amines) is 1. The molecule has 2 aliphatic rings. The second-order valence-electron chi connectivity index (χ2n) is 6.41. The molecule has 19 heavy (non-hydrogen) atoms. The molecule has 1 saturated carbocycles. The van der Waals surface area contributed by atoms with E-state index < -0.39 is 0 Å². The molecule has 0 unspecified atom stereocenters. The normalized spacial score (nSPS) is 24.6. The summed E-state index contributed by atoms with van der Waals surface area (Å²) in [4.78, 5) is 9.31. The van der Waals surface area contributed by atoms with Gasteiger partial charge < -0.3 is 15.5 Å². The molecular weight excluding hydrogens is 236 g/mol. The van der Waals surface area contributed by atoms with Gasteiger partial charge >= 0.3 is 0 Å². The molecule has 1 saturated heterocycles. The maximum atomic E-state index is 6.16. The molecule has 2 rings (SSSR count). The standard InChI is InChI=1S/C15H30N4/c1-18-10-8-13(9-11-18)12-19(2)15(16)17-14-6-4-3-5-7-14/h13-14H,3-12H2,1-2H3,(H2,16,17). The number of piperidine rings is 1. The van der Waals surface area contributed by atoms with E-state index in [0.717, 1.165) is 18.4 Å². The van der Waals surface area contributed by atoms with E-state index >= 15 is 0 Å². The SMILES string of the molecule is CN1CCC(CN(C)C(N)=NC2CCCCC2)CC1. The number of guanidine groups is 1. The van der Waals surface area contributed by atoms with E-state index in [4.69, 9.17) is 10.7 Å². The van der Waals surface area contributed by atoms with Crippen molar-refractivity contribution in [1.82, 2.24) is 9.80 Å². The predicted octanol–water partition coefficient (Wildman–Crippen LogP) is 1.91. The average molecular weight is 266 g/mol. The zero-order valence-corrected chi connectivity index (χ0v) is 12.6. The maximum absolute atomic E-state index is 6.16. The van der Waals surface area contributed by atoms with Gasteiger partial charge in [-0.15, -0.1) is 0 Å². The van der Waals surface area contributed by atoms with Crippen LogP contribution in [0.2, 0.25) is 0 Å². The van der Waals surface area contributed by atoms with Crippen molar-refractivity contribution in [2.75, 3.05) is 33.7 Å². The minimum absolute atomic E-state index is 0.480. The third-order valence-electron chi connectivity index (χ3n) is 4.65. The molecule has 4 nitrogen and oxygen atoms in total. The summed E-state index contributed by atoms with van der Waals surface area (Å²) in [7, 11) is 4.30. The Labute approximate surface area is 118 Å². The Morgan fingerprint density at radius 2 is 1.79 bits per heavy atom. The van der Waals surface area contributed by atoms with Crippen LogP contribution in [0.3, 0.4) is 0 Å². The fraction of sp³-hybridized carbons (Fsp3) is 0.933. The molecule has 2 fully saturated rings. The first-order valence-electron chi connectivity index (χ1n) is 7.88. The van der Waals surface area contributed by atoms with Gasteiger partial charge in [0.1, 0.15) is 0 Å². The molecule has 0 aromatic carbocycles. The third kappa shape index (κ3) is 4.68. The molecule has 4 heteroatoms. The van der Waals surface area contributed by atoms with Crippen molar-refractivity contribution in [2.45, 2.75) is 51.0 Å². The van der Waals surface area contributed by atoms with Gasteiger partial charge in [0.15, 0.2) is 5.96 Å². The summed E-state index contributed by atoms with van der Waals surface area (Å²) in [5.74, 6) is 1.53. The molecule has 0 spiro atoms. The lowest BCUT2D eigenvalue weighted by atomic mass is 9.96. The number of rotatable bonds is 3. The van der Waals surface area contributed by atoms with E-state index in [0.29, 0.717) is 6.04 Å². The van der Waals surface area contributed by atoms with E-state index in [1.165, 1.54) is 58.0 Å². The van der Waals surface area contributed by atoms with Crippen LogP contribution in [-0.2, 0) is 0 Å². The molecule has 0 amide bonds. The van der Waals surface area contributed by atoms with Crippen LogP contribution in [0.5, 0.6) is 0 Å². The Morgan fingerprint density at radius 1 is 1.16 bits per heavy atom. The van der Waals surface area contributed by atoms with Crippen molar-refractivity contribution < 1.29 is 0 Å². The summed E-state index contributed by atoms with van der Waals surface area (Å²) in [6, 6.07) is 0.480. The largest absolute Gasteiger partial charge is 0.370 e. The Morgan fingerprint density at radius 3 is 2.42 bits per heavy atom. The van der Waals surface area contributed by atoms with Crippen molar-refractivity contribution >= 4 is 5.96 Å². The lowest BCUT2D eigenvalue weighted by Gasteiger charge is -2.32. The van der Waals surface area contributed by atoms with Crippen LogP contribution in [0.1, 0.15) is 44.9 Å². The third-order valence-corrected chi connectivity index (χ3v) is 4.65. The highest BCUT2D eigenvalue weighted by atomic mass is 15.2. The van der Waals surface area contributed by atoms with Crippen molar-refractivity contribution in [3.8, 4) is 0 Å². The van der Waals surface area contributed by atoms with Gasteiger partial charge in [-0.1, -0.05) is 19.3 Å². The summed E-state index contributed by atoms with van der Waals surface area (Å²) < 4.78 is 0. The van der Waals surface area contributed by atoms with Crippen LogP contribution in [0.15, 0.2) is 4.99 Å². The molecule has 0 aromatic heterocycles. The molecule has 0 aromatic rings. The fourth-order valence-electron chi connectivity index (χ4n) is 3.22. The van der Waals surface area contributed by atoms with Crippen LogP contribution < -0.4 is 5.73 Å². The topological polar surface area (TPSA) is 44.9 Å². The van der Waals surface area contributed by atoms with Gasteiger partial charge in [-0.25, -0.2) is 4.99 Å². The van der Waals surface area contributed by atoms with Crippen LogP contribution >= 0.6 is 0 Å². The number of hydrogen-bond acceptors (Lipinski definition) is 2. The summed E-state index contributed by atoms with van der Waals surface area (Å²) in [6.07, 6.45) is 9.04. The molecular formula is C15H30N4. The minimum Gasteiger partial charge on any atom is -0.370 e. The van der Waals surface area contributed by atoms with Crippen LogP contribution in [0.4, 0.5) is 0 Å². The Hall–Kier alpha value is -0.770. The minimum atomic E-state index is 0.480. The highest BCUT2D eigenvalue weighted by Gasteiger charge is 2.19. The second-order valence-corrected chi connectivity index (χ2v) is 6.41. The molecule has 1 heterocycles. The first-order valence-corrected chi connectivity index (χ1v) is 7.88. The summed E-state index contributed by atoms with van der Waals surface area (Å²) >= 11 is 0. The Bertz CT molecular complexity index is 289. The van der Waals surface area contributed by atoms with E-state index in [-0.39, 0.29) is 0 Å².